The molecule has 0 spiro atoms. The highest BCUT2D eigenvalue weighted by Crippen LogP contribution is 2.21. The largest absolute Gasteiger partial charge is 0.497 e. The van der Waals surface area contributed by atoms with Gasteiger partial charge in [0.2, 0.25) is 5.91 Å². The maximum atomic E-state index is 12.1. The fraction of sp³-hybridized carbons (Fsp3) is 0.400. The van der Waals surface area contributed by atoms with Crippen LogP contribution in [0.1, 0.15) is 25.0 Å². The Morgan fingerprint density at radius 1 is 1.21 bits per heavy atom. The summed E-state index contributed by atoms with van der Waals surface area (Å²) in [5, 5.41) is 23.4. The summed E-state index contributed by atoms with van der Waals surface area (Å²) < 4.78 is 5.12. The second-order valence-electron chi connectivity index (χ2n) is 6.46. The van der Waals surface area contributed by atoms with Crippen LogP contribution < -0.4 is 20.7 Å². The van der Waals surface area contributed by atoms with Gasteiger partial charge >= 0.3 is 0 Å². The average Bonchev–Trinajstić information content (AvgIpc) is 3.25. The van der Waals surface area contributed by atoms with Gasteiger partial charge in [-0.15, -0.1) is 0 Å². The van der Waals surface area contributed by atoms with Gasteiger partial charge in [0, 0.05) is 13.1 Å². The zero-order chi connectivity index (χ0) is 20.4. The topological polar surface area (TPSA) is 95.0 Å². The van der Waals surface area contributed by atoms with Crippen LogP contribution in [0.4, 0.5) is 0 Å². The summed E-state index contributed by atoms with van der Waals surface area (Å²) in [6, 6.07) is 9.41. The van der Waals surface area contributed by atoms with E-state index in [1.54, 1.807) is 14.0 Å². The van der Waals surface area contributed by atoms with Crippen LogP contribution in [-0.2, 0) is 16.9 Å². The van der Waals surface area contributed by atoms with Gasteiger partial charge in [-0.1, -0.05) is 12.1 Å². The molecule has 0 aliphatic heterocycles. The van der Waals surface area contributed by atoms with Crippen molar-refractivity contribution < 1.29 is 14.6 Å². The molecule has 0 aliphatic carbocycles. The Labute approximate surface area is 169 Å². The van der Waals surface area contributed by atoms with Crippen LogP contribution in [0.5, 0.6) is 5.75 Å². The van der Waals surface area contributed by atoms with Gasteiger partial charge in [-0.25, -0.2) is 4.99 Å². The number of carbonyl (C=O) groups excluding carboxylic acids is 1. The molecule has 0 aliphatic rings. The molecule has 1 aromatic heterocycles. The zero-order valence-corrected chi connectivity index (χ0v) is 17.3. The number of aliphatic hydroxyl groups is 1. The Morgan fingerprint density at radius 3 is 2.57 bits per heavy atom. The smallest absolute Gasteiger partial charge is 0.242 e. The van der Waals surface area contributed by atoms with Gasteiger partial charge in [-0.2, -0.15) is 11.3 Å². The van der Waals surface area contributed by atoms with Crippen molar-refractivity contribution in [2.24, 2.45) is 4.99 Å². The molecule has 28 heavy (non-hydrogen) atoms. The van der Waals surface area contributed by atoms with Crippen molar-refractivity contribution in [3.8, 4) is 5.75 Å². The monoisotopic (exact) mass is 404 g/mol. The number of nitrogens with zero attached hydrogens (tertiary/aromatic N) is 1. The molecular weight excluding hydrogens is 376 g/mol. The molecule has 152 valence electrons. The van der Waals surface area contributed by atoms with Crippen molar-refractivity contribution in [2.45, 2.75) is 26.0 Å². The molecule has 2 rings (SSSR count). The van der Waals surface area contributed by atoms with Crippen LogP contribution in [0.15, 0.2) is 46.1 Å². The van der Waals surface area contributed by atoms with E-state index in [1.807, 2.05) is 48.0 Å². The number of methoxy groups -OCH3 is 1. The Bertz CT molecular complexity index is 758. The minimum atomic E-state index is -1.02. The predicted molar refractivity (Wildman–Crippen MR) is 113 cm³/mol. The number of thiophene rings is 1. The van der Waals surface area contributed by atoms with Gasteiger partial charge < -0.3 is 25.8 Å². The van der Waals surface area contributed by atoms with E-state index in [4.69, 9.17) is 4.74 Å². The van der Waals surface area contributed by atoms with E-state index in [0.29, 0.717) is 19.0 Å². The maximum Gasteiger partial charge on any atom is 0.242 e. The lowest BCUT2D eigenvalue weighted by Gasteiger charge is -2.24. The standard InChI is InChI=1S/C20H28N4O3S/c1-4-21-19(24-14-20(2,26)16-9-10-28-13-16)23-12-18(25)22-11-15-5-7-17(27-3)8-6-15/h5-10,13,26H,4,11-12,14H2,1-3H3,(H,22,25)(H2,21,23,24). The number of ether oxygens (including phenoxy) is 1. The highest BCUT2D eigenvalue weighted by molar-refractivity contribution is 7.08. The Balaban J connectivity index is 1.84. The fourth-order valence-electron chi connectivity index (χ4n) is 2.42. The van der Waals surface area contributed by atoms with Crippen molar-refractivity contribution in [2.75, 3.05) is 26.7 Å². The molecule has 1 aromatic carbocycles. The summed E-state index contributed by atoms with van der Waals surface area (Å²) in [7, 11) is 1.62. The van der Waals surface area contributed by atoms with E-state index in [1.165, 1.54) is 11.3 Å². The second-order valence-corrected chi connectivity index (χ2v) is 7.24. The number of aliphatic imine (C=N–C) groups is 1. The second kappa shape index (κ2) is 10.7. The van der Waals surface area contributed by atoms with Crippen molar-refractivity contribution in [1.29, 1.82) is 0 Å². The van der Waals surface area contributed by atoms with Crippen LogP contribution in [0.25, 0.3) is 0 Å². The summed E-state index contributed by atoms with van der Waals surface area (Å²) >= 11 is 1.54. The molecule has 1 heterocycles. The lowest BCUT2D eigenvalue weighted by molar-refractivity contribution is -0.119. The van der Waals surface area contributed by atoms with E-state index < -0.39 is 5.60 Å². The molecule has 1 unspecified atom stereocenters. The summed E-state index contributed by atoms with van der Waals surface area (Å²) in [5.74, 6) is 1.08. The summed E-state index contributed by atoms with van der Waals surface area (Å²) in [5.41, 5.74) is 0.806. The molecule has 7 nitrogen and oxygen atoms in total. The lowest BCUT2D eigenvalue weighted by atomic mass is 9.99. The highest BCUT2D eigenvalue weighted by atomic mass is 32.1. The van der Waals surface area contributed by atoms with Crippen molar-refractivity contribution >= 4 is 23.2 Å². The number of amides is 1. The molecule has 0 bridgehead atoms. The number of hydrogen-bond acceptors (Lipinski definition) is 5. The first-order valence-electron chi connectivity index (χ1n) is 9.11. The summed E-state index contributed by atoms with van der Waals surface area (Å²) in [6.07, 6.45) is 0. The van der Waals surface area contributed by atoms with Gasteiger partial charge in [0.05, 0.1) is 13.7 Å². The molecule has 0 saturated carbocycles. The molecule has 0 saturated heterocycles. The van der Waals surface area contributed by atoms with E-state index in [0.717, 1.165) is 16.9 Å². The van der Waals surface area contributed by atoms with Crippen LogP contribution >= 0.6 is 11.3 Å². The minimum Gasteiger partial charge on any atom is -0.497 e. The van der Waals surface area contributed by atoms with Crippen LogP contribution in [-0.4, -0.2) is 43.7 Å². The quantitative estimate of drug-likeness (QED) is 0.378. The lowest BCUT2D eigenvalue weighted by Crippen LogP contribution is -2.44. The van der Waals surface area contributed by atoms with E-state index >= 15 is 0 Å². The summed E-state index contributed by atoms with van der Waals surface area (Å²) in [4.78, 5) is 16.4. The number of carbonyl (C=O) groups is 1. The number of nitrogens with one attached hydrogen (secondary N) is 3. The Hall–Kier alpha value is -2.58. The number of guanidine groups is 1. The third-order valence-corrected chi connectivity index (χ3v) is 4.80. The fourth-order valence-corrected chi connectivity index (χ4v) is 3.20. The zero-order valence-electron chi connectivity index (χ0n) is 16.5. The van der Waals surface area contributed by atoms with Crippen molar-refractivity contribution in [1.82, 2.24) is 16.0 Å². The molecule has 4 N–H and O–H groups in total. The van der Waals surface area contributed by atoms with Gasteiger partial charge in [-0.05, 0) is 53.9 Å². The maximum absolute atomic E-state index is 12.1. The Morgan fingerprint density at radius 2 is 1.96 bits per heavy atom. The first-order chi connectivity index (χ1) is 13.4. The first-order valence-corrected chi connectivity index (χ1v) is 10.1. The molecule has 2 aromatic rings. The van der Waals surface area contributed by atoms with Gasteiger partial charge in [0.15, 0.2) is 5.96 Å². The molecule has 0 fully saturated rings. The number of hydrogen-bond donors (Lipinski definition) is 4. The highest BCUT2D eigenvalue weighted by Gasteiger charge is 2.23. The predicted octanol–water partition coefficient (Wildman–Crippen LogP) is 1.84. The average molecular weight is 405 g/mol. The summed E-state index contributed by atoms with van der Waals surface area (Å²) in [6.45, 7) is 5.04. The van der Waals surface area contributed by atoms with E-state index in [-0.39, 0.29) is 19.0 Å². The number of benzene rings is 1. The third kappa shape index (κ3) is 6.86. The molecule has 8 heteroatoms. The van der Waals surface area contributed by atoms with E-state index in [2.05, 4.69) is 20.9 Å². The van der Waals surface area contributed by atoms with Crippen molar-refractivity contribution in [3.63, 3.8) is 0 Å². The Kier molecular flexibility index (Phi) is 8.28. The first kappa shape index (κ1) is 21.7. The van der Waals surface area contributed by atoms with Gasteiger partial charge in [-0.3, -0.25) is 4.79 Å². The molecular formula is C20H28N4O3S. The van der Waals surface area contributed by atoms with Crippen molar-refractivity contribution in [3.05, 3.63) is 52.2 Å². The molecule has 1 atom stereocenters. The minimum absolute atomic E-state index is 0.00786. The van der Waals surface area contributed by atoms with Crippen LogP contribution in [0.2, 0.25) is 0 Å². The van der Waals surface area contributed by atoms with Gasteiger partial charge in [0.1, 0.15) is 17.9 Å². The molecule has 0 radical (unpaired) electrons. The van der Waals surface area contributed by atoms with Gasteiger partial charge in [0.25, 0.3) is 0 Å². The number of rotatable bonds is 9. The molecule has 1 amide bonds. The van der Waals surface area contributed by atoms with E-state index in [9.17, 15) is 9.90 Å². The SMILES string of the molecule is CCNC(=NCC(=O)NCc1ccc(OC)cc1)NCC(C)(O)c1ccsc1. The van der Waals surface area contributed by atoms with Crippen LogP contribution in [0.3, 0.4) is 0 Å². The third-order valence-electron chi connectivity index (χ3n) is 4.12. The normalized spacial score (nSPS) is 13.5. The van der Waals surface area contributed by atoms with Crippen LogP contribution in [0, 0.1) is 0 Å².